The van der Waals surface area contributed by atoms with E-state index >= 15 is 0 Å². The van der Waals surface area contributed by atoms with Crippen LogP contribution in [0, 0.1) is 0 Å². The second-order valence-corrected chi connectivity index (χ2v) is 7.18. The predicted molar refractivity (Wildman–Crippen MR) is 97.6 cm³/mol. The molecule has 126 valence electrons. The highest BCUT2D eigenvalue weighted by Gasteiger charge is 2.24. The van der Waals surface area contributed by atoms with Crippen molar-refractivity contribution in [1.82, 2.24) is 0 Å². The van der Waals surface area contributed by atoms with E-state index in [2.05, 4.69) is 71.1 Å². The Bertz CT molecular complexity index is 425. The van der Waals surface area contributed by atoms with Crippen molar-refractivity contribution in [3.8, 4) is 0 Å². The minimum Gasteiger partial charge on any atom is -0.324 e. The number of rotatable bonds is 10. The molecule has 0 heterocycles. The number of quaternary nitrogens is 2. The second kappa shape index (κ2) is 8.69. The molecule has 0 aliphatic heterocycles. The maximum absolute atomic E-state index is 2.46. The molecule has 0 atom stereocenters. The maximum Gasteiger partial charge on any atom is 0.133 e. The molecule has 0 bridgehead atoms. The lowest BCUT2D eigenvalue weighted by molar-refractivity contribution is -0.924. The molecule has 0 spiro atoms. The highest BCUT2D eigenvalue weighted by atomic mass is 15.3. The summed E-state index contributed by atoms with van der Waals surface area (Å²) in [7, 11) is 0. The number of hydrogen-bond acceptors (Lipinski definition) is 0. The second-order valence-electron chi connectivity index (χ2n) is 7.18. The molecule has 22 heavy (non-hydrogen) atoms. The third kappa shape index (κ3) is 4.82. The number of nitrogens with two attached hydrogens (primary N) is 1. The Kier molecular flexibility index (Phi) is 7.58. The van der Waals surface area contributed by atoms with E-state index in [0.29, 0.717) is 0 Å². The van der Waals surface area contributed by atoms with Crippen LogP contribution in [0.4, 0.5) is 5.69 Å². The summed E-state index contributed by atoms with van der Waals surface area (Å²) < 4.78 is 1.26. The zero-order valence-electron chi connectivity index (χ0n) is 15.8. The smallest absolute Gasteiger partial charge is 0.133 e. The molecule has 0 radical (unpaired) electrons. The van der Waals surface area contributed by atoms with Crippen LogP contribution in [0.15, 0.2) is 24.3 Å². The number of benzene rings is 1. The van der Waals surface area contributed by atoms with Crippen molar-refractivity contribution in [2.24, 2.45) is 0 Å². The van der Waals surface area contributed by atoms with E-state index in [1.54, 1.807) is 0 Å². The number of para-hydroxylation sites is 1. The van der Waals surface area contributed by atoms with Crippen LogP contribution in [0.2, 0.25) is 0 Å². The van der Waals surface area contributed by atoms with Gasteiger partial charge in [0.1, 0.15) is 5.69 Å². The van der Waals surface area contributed by atoms with Crippen LogP contribution < -0.4 is 5.32 Å². The molecular formula is C20H38N2+2. The van der Waals surface area contributed by atoms with Gasteiger partial charge < -0.3 is 9.80 Å². The molecule has 2 nitrogen and oxygen atoms in total. The summed E-state index contributed by atoms with van der Waals surface area (Å²) >= 11 is 0. The van der Waals surface area contributed by atoms with Crippen molar-refractivity contribution in [2.75, 3.05) is 32.7 Å². The van der Waals surface area contributed by atoms with Crippen molar-refractivity contribution >= 4 is 5.69 Å². The quantitative estimate of drug-likeness (QED) is 0.384. The Morgan fingerprint density at radius 3 is 2.09 bits per heavy atom. The van der Waals surface area contributed by atoms with E-state index < -0.39 is 0 Å². The van der Waals surface area contributed by atoms with Gasteiger partial charge in [-0.25, -0.2) is 0 Å². The summed E-state index contributed by atoms with van der Waals surface area (Å²) in [6.07, 6.45) is 2.47. The SMILES string of the molecule is CCC(C)(C)c1ccccc1[NH2+]CCC[N+](CC)(CC)CC. The molecule has 0 aliphatic carbocycles. The van der Waals surface area contributed by atoms with Gasteiger partial charge in [-0.05, 0) is 38.7 Å². The van der Waals surface area contributed by atoms with Gasteiger partial charge in [0, 0.05) is 12.0 Å². The van der Waals surface area contributed by atoms with Gasteiger partial charge in [0.05, 0.1) is 32.7 Å². The predicted octanol–water partition coefficient (Wildman–Crippen LogP) is 3.84. The normalized spacial score (nSPS) is 12.6. The zero-order chi connectivity index (χ0) is 16.6. The molecule has 0 aromatic heterocycles. The van der Waals surface area contributed by atoms with E-state index in [0.717, 1.165) is 0 Å². The Hall–Kier alpha value is -0.860. The van der Waals surface area contributed by atoms with E-state index in [1.165, 1.54) is 61.3 Å². The van der Waals surface area contributed by atoms with Crippen LogP contribution >= 0.6 is 0 Å². The first-order valence-electron chi connectivity index (χ1n) is 9.22. The van der Waals surface area contributed by atoms with Crippen LogP contribution in [0.5, 0.6) is 0 Å². The summed E-state index contributed by atoms with van der Waals surface area (Å²) in [4.78, 5) is 0. The van der Waals surface area contributed by atoms with Crippen molar-refractivity contribution in [3.05, 3.63) is 29.8 Å². The first-order valence-corrected chi connectivity index (χ1v) is 9.22. The first-order chi connectivity index (χ1) is 10.4. The summed E-state index contributed by atoms with van der Waals surface area (Å²) in [6.45, 7) is 20.2. The molecule has 0 unspecified atom stereocenters. The van der Waals surface area contributed by atoms with Crippen molar-refractivity contribution in [3.63, 3.8) is 0 Å². The van der Waals surface area contributed by atoms with E-state index in [4.69, 9.17) is 0 Å². The van der Waals surface area contributed by atoms with Gasteiger partial charge in [0.15, 0.2) is 0 Å². The van der Waals surface area contributed by atoms with Crippen LogP contribution in [0.3, 0.4) is 0 Å². The fourth-order valence-corrected chi connectivity index (χ4v) is 3.31. The highest BCUT2D eigenvalue weighted by Crippen LogP contribution is 2.30. The largest absolute Gasteiger partial charge is 0.324 e. The third-order valence-electron chi connectivity index (χ3n) is 5.79. The summed E-state index contributed by atoms with van der Waals surface area (Å²) in [5, 5.41) is 2.46. The molecule has 0 saturated heterocycles. The maximum atomic E-state index is 2.46. The Labute approximate surface area is 138 Å². The molecular weight excluding hydrogens is 268 g/mol. The molecule has 0 saturated carbocycles. The Morgan fingerprint density at radius 2 is 1.55 bits per heavy atom. The molecule has 2 heteroatoms. The molecule has 2 N–H and O–H groups in total. The first kappa shape index (κ1) is 19.2. The van der Waals surface area contributed by atoms with Gasteiger partial charge in [-0.1, -0.05) is 39.0 Å². The lowest BCUT2D eigenvalue weighted by atomic mass is 9.81. The fraction of sp³-hybridized carbons (Fsp3) is 0.700. The molecule has 0 fully saturated rings. The summed E-state index contributed by atoms with van der Waals surface area (Å²) in [5.41, 5.74) is 3.21. The van der Waals surface area contributed by atoms with E-state index in [1.807, 2.05) is 0 Å². The summed E-state index contributed by atoms with van der Waals surface area (Å²) in [5.74, 6) is 0. The van der Waals surface area contributed by atoms with Crippen molar-refractivity contribution in [1.29, 1.82) is 0 Å². The molecule has 1 rings (SSSR count). The molecule has 0 aliphatic rings. The van der Waals surface area contributed by atoms with Crippen LogP contribution in [-0.4, -0.2) is 37.2 Å². The zero-order valence-corrected chi connectivity index (χ0v) is 15.8. The minimum absolute atomic E-state index is 0.267. The van der Waals surface area contributed by atoms with Crippen LogP contribution in [0.25, 0.3) is 0 Å². The van der Waals surface area contributed by atoms with E-state index in [-0.39, 0.29) is 5.41 Å². The summed E-state index contributed by atoms with van der Waals surface area (Å²) in [6, 6.07) is 8.94. The molecule has 1 aromatic carbocycles. The van der Waals surface area contributed by atoms with Gasteiger partial charge in [0.2, 0.25) is 0 Å². The topological polar surface area (TPSA) is 16.6 Å². The lowest BCUT2D eigenvalue weighted by Crippen LogP contribution is -2.79. The standard InChI is InChI=1S/C20H37N2/c1-7-20(5,6)18-14-11-12-15-19(18)21-16-13-17-22(8-2,9-3)10-4/h11-12,14-15,21H,7-10,13,16-17H2,1-6H3/q+1/p+1. The highest BCUT2D eigenvalue weighted by molar-refractivity contribution is 5.43. The Balaban J connectivity index is 2.63. The lowest BCUT2D eigenvalue weighted by Gasteiger charge is -2.35. The van der Waals surface area contributed by atoms with Crippen LogP contribution in [-0.2, 0) is 5.41 Å². The minimum atomic E-state index is 0.267. The number of hydrogen-bond donors (Lipinski definition) is 1. The molecule has 0 amide bonds. The van der Waals surface area contributed by atoms with Gasteiger partial charge in [-0.15, -0.1) is 0 Å². The number of nitrogens with zero attached hydrogens (tertiary/aromatic N) is 1. The van der Waals surface area contributed by atoms with Gasteiger partial charge in [0.25, 0.3) is 0 Å². The van der Waals surface area contributed by atoms with Gasteiger partial charge in [-0.2, -0.15) is 0 Å². The fourth-order valence-electron chi connectivity index (χ4n) is 3.31. The Morgan fingerprint density at radius 1 is 0.955 bits per heavy atom. The van der Waals surface area contributed by atoms with Crippen molar-refractivity contribution < 1.29 is 9.80 Å². The third-order valence-corrected chi connectivity index (χ3v) is 5.79. The van der Waals surface area contributed by atoms with Crippen molar-refractivity contribution in [2.45, 2.75) is 59.8 Å². The van der Waals surface area contributed by atoms with Gasteiger partial charge in [-0.3, -0.25) is 0 Å². The average molecular weight is 307 g/mol. The molecule has 1 aromatic rings. The van der Waals surface area contributed by atoms with E-state index in [9.17, 15) is 0 Å². The van der Waals surface area contributed by atoms with Crippen LogP contribution in [0.1, 0.15) is 59.9 Å². The van der Waals surface area contributed by atoms with Gasteiger partial charge >= 0.3 is 0 Å². The monoisotopic (exact) mass is 306 g/mol. The average Bonchev–Trinajstić information content (AvgIpc) is 2.56.